The highest BCUT2D eigenvalue weighted by atomic mass is 16.5. The van der Waals surface area contributed by atoms with Crippen LogP contribution < -0.4 is 15.2 Å². The van der Waals surface area contributed by atoms with E-state index >= 15 is 0 Å². The van der Waals surface area contributed by atoms with E-state index < -0.39 is 0 Å². The minimum atomic E-state index is 0.0130. The molecule has 2 aromatic carbocycles. The number of hydrogen-bond donors (Lipinski definition) is 1. The van der Waals surface area contributed by atoms with Gasteiger partial charge in [-0.2, -0.15) is 0 Å². The molecule has 22 heavy (non-hydrogen) atoms. The first kappa shape index (κ1) is 16.1. The van der Waals surface area contributed by atoms with Gasteiger partial charge in [-0.25, -0.2) is 0 Å². The second kappa shape index (κ2) is 8.25. The van der Waals surface area contributed by atoms with Crippen molar-refractivity contribution in [2.24, 2.45) is 5.73 Å². The Labute approximate surface area is 132 Å². The van der Waals surface area contributed by atoms with Crippen molar-refractivity contribution < 1.29 is 9.47 Å². The molecule has 0 radical (unpaired) electrons. The zero-order chi connectivity index (χ0) is 15.8. The van der Waals surface area contributed by atoms with E-state index in [-0.39, 0.29) is 6.04 Å². The van der Waals surface area contributed by atoms with E-state index in [1.165, 1.54) is 0 Å². The van der Waals surface area contributed by atoms with Crippen molar-refractivity contribution in [3.63, 3.8) is 0 Å². The van der Waals surface area contributed by atoms with Crippen LogP contribution in [-0.4, -0.2) is 13.2 Å². The molecular weight excluding hydrogens is 274 g/mol. The molecule has 0 aliphatic rings. The van der Waals surface area contributed by atoms with Gasteiger partial charge in [0.25, 0.3) is 0 Å². The molecule has 0 spiro atoms. The van der Waals surface area contributed by atoms with Crippen molar-refractivity contribution in [2.75, 3.05) is 13.2 Å². The van der Waals surface area contributed by atoms with Crippen LogP contribution in [-0.2, 0) is 6.42 Å². The summed E-state index contributed by atoms with van der Waals surface area (Å²) in [4.78, 5) is 0. The number of para-hydroxylation sites is 1. The highest BCUT2D eigenvalue weighted by molar-refractivity contribution is 5.39. The summed E-state index contributed by atoms with van der Waals surface area (Å²) in [5, 5.41) is 0. The van der Waals surface area contributed by atoms with Crippen LogP contribution in [0, 0.1) is 0 Å². The van der Waals surface area contributed by atoms with E-state index in [2.05, 4.69) is 12.6 Å². The summed E-state index contributed by atoms with van der Waals surface area (Å²) >= 11 is 0. The molecule has 3 nitrogen and oxygen atoms in total. The van der Waals surface area contributed by atoms with Crippen molar-refractivity contribution in [1.29, 1.82) is 0 Å². The number of hydrogen-bond acceptors (Lipinski definition) is 3. The molecule has 2 aromatic rings. The van der Waals surface area contributed by atoms with Crippen LogP contribution in [0.5, 0.6) is 11.5 Å². The maximum atomic E-state index is 5.93. The van der Waals surface area contributed by atoms with Crippen LogP contribution in [0.4, 0.5) is 0 Å². The van der Waals surface area contributed by atoms with E-state index in [1.54, 1.807) is 0 Å². The Bertz CT molecular complexity index is 594. The molecule has 116 valence electrons. The summed E-state index contributed by atoms with van der Waals surface area (Å²) in [6.45, 7) is 6.77. The van der Waals surface area contributed by atoms with E-state index in [0.29, 0.717) is 13.2 Å². The number of nitrogens with two attached hydrogens (primary N) is 1. The van der Waals surface area contributed by atoms with E-state index in [0.717, 1.165) is 29.0 Å². The van der Waals surface area contributed by atoms with Gasteiger partial charge in [0.1, 0.15) is 24.7 Å². The Kier molecular flexibility index (Phi) is 6.04. The van der Waals surface area contributed by atoms with E-state index in [4.69, 9.17) is 15.2 Å². The van der Waals surface area contributed by atoms with E-state index in [9.17, 15) is 0 Å². The van der Waals surface area contributed by atoms with Crippen molar-refractivity contribution in [3.05, 3.63) is 72.3 Å². The molecule has 0 bridgehead atoms. The molecule has 0 aliphatic heterocycles. The Balaban J connectivity index is 1.92. The van der Waals surface area contributed by atoms with Gasteiger partial charge in [0.15, 0.2) is 0 Å². The summed E-state index contributed by atoms with van der Waals surface area (Å²) < 4.78 is 11.5. The fraction of sp³-hybridized carbons (Fsp3) is 0.263. The molecule has 0 heterocycles. The van der Waals surface area contributed by atoms with Crippen molar-refractivity contribution in [3.8, 4) is 11.5 Å². The van der Waals surface area contributed by atoms with Gasteiger partial charge < -0.3 is 15.2 Å². The minimum Gasteiger partial charge on any atom is -0.490 e. The van der Waals surface area contributed by atoms with Gasteiger partial charge in [-0.15, -0.1) is 6.58 Å². The zero-order valence-electron chi connectivity index (χ0n) is 13.0. The average Bonchev–Trinajstić information content (AvgIpc) is 2.53. The maximum Gasteiger partial charge on any atom is 0.123 e. The minimum absolute atomic E-state index is 0.0130. The maximum absolute atomic E-state index is 5.93. The first-order valence-electron chi connectivity index (χ1n) is 7.50. The normalized spacial score (nSPS) is 11.7. The molecule has 0 aliphatic carbocycles. The van der Waals surface area contributed by atoms with Crippen LogP contribution in [0.3, 0.4) is 0 Å². The largest absolute Gasteiger partial charge is 0.490 e. The van der Waals surface area contributed by atoms with Gasteiger partial charge in [0, 0.05) is 6.04 Å². The molecule has 0 amide bonds. The summed E-state index contributed by atoms with van der Waals surface area (Å²) in [5.74, 6) is 1.71. The van der Waals surface area contributed by atoms with E-state index in [1.807, 2.05) is 55.5 Å². The molecular formula is C19H23NO2. The SMILES string of the molecule is C=CCc1cc(C(C)N)ccc1OCCOc1ccccc1. The van der Waals surface area contributed by atoms with Crippen LogP contribution in [0.15, 0.2) is 61.2 Å². The summed E-state index contributed by atoms with van der Waals surface area (Å²) in [6.07, 6.45) is 2.63. The summed E-state index contributed by atoms with van der Waals surface area (Å²) in [7, 11) is 0. The lowest BCUT2D eigenvalue weighted by molar-refractivity contribution is 0.216. The third-order valence-electron chi connectivity index (χ3n) is 3.33. The highest BCUT2D eigenvalue weighted by Crippen LogP contribution is 2.23. The molecule has 0 saturated carbocycles. The number of benzene rings is 2. The molecule has 1 atom stereocenters. The first-order chi connectivity index (χ1) is 10.7. The third-order valence-corrected chi connectivity index (χ3v) is 3.33. The number of allylic oxidation sites excluding steroid dienone is 1. The van der Waals surface area contributed by atoms with Gasteiger partial charge in [-0.1, -0.05) is 36.4 Å². The second-order valence-corrected chi connectivity index (χ2v) is 5.16. The lowest BCUT2D eigenvalue weighted by atomic mass is 10.0. The Hall–Kier alpha value is -2.26. The second-order valence-electron chi connectivity index (χ2n) is 5.16. The van der Waals surface area contributed by atoms with Gasteiger partial charge in [0.2, 0.25) is 0 Å². The lowest BCUT2D eigenvalue weighted by Crippen LogP contribution is -2.11. The van der Waals surface area contributed by atoms with Crippen LogP contribution in [0.1, 0.15) is 24.1 Å². The topological polar surface area (TPSA) is 44.5 Å². The predicted molar refractivity (Wildman–Crippen MR) is 90.4 cm³/mol. The highest BCUT2D eigenvalue weighted by Gasteiger charge is 2.07. The molecule has 0 aromatic heterocycles. The molecule has 2 N–H and O–H groups in total. The van der Waals surface area contributed by atoms with Gasteiger partial charge in [0.05, 0.1) is 0 Å². The lowest BCUT2D eigenvalue weighted by Gasteiger charge is -2.14. The van der Waals surface area contributed by atoms with Crippen LogP contribution >= 0.6 is 0 Å². The standard InChI is InChI=1S/C19H23NO2/c1-3-7-17-14-16(15(2)20)10-11-19(17)22-13-12-21-18-8-5-4-6-9-18/h3-6,8-11,14-15H,1,7,12-13,20H2,2H3. The van der Waals surface area contributed by atoms with Crippen molar-refractivity contribution >= 4 is 0 Å². The Morgan fingerprint density at radius 3 is 2.50 bits per heavy atom. The summed E-state index contributed by atoms with van der Waals surface area (Å²) in [5.41, 5.74) is 8.13. The molecule has 0 fully saturated rings. The molecule has 1 unspecified atom stereocenters. The molecule has 2 rings (SSSR count). The van der Waals surface area contributed by atoms with Crippen molar-refractivity contribution in [1.82, 2.24) is 0 Å². The smallest absolute Gasteiger partial charge is 0.123 e. The quantitative estimate of drug-likeness (QED) is 0.594. The van der Waals surface area contributed by atoms with Crippen LogP contribution in [0.2, 0.25) is 0 Å². The fourth-order valence-electron chi connectivity index (χ4n) is 2.17. The van der Waals surface area contributed by atoms with Gasteiger partial charge >= 0.3 is 0 Å². The Morgan fingerprint density at radius 2 is 1.82 bits per heavy atom. The number of rotatable bonds is 8. The fourth-order valence-corrected chi connectivity index (χ4v) is 2.17. The summed E-state index contributed by atoms with van der Waals surface area (Å²) in [6, 6.07) is 15.8. The van der Waals surface area contributed by atoms with Crippen molar-refractivity contribution in [2.45, 2.75) is 19.4 Å². The predicted octanol–water partition coefficient (Wildman–Crippen LogP) is 3.89. The van der Waals surface area contributed by atoms with Gasteiger partial charge in [-0.3, -0.25) is 0 Å². The Morgan fingerprint density at radius 1 is 1.09 bits per heavy atom. The monoisotopic (exact) mass is 297 g/mol. The molecule has 0 saturated heterocycles. The average molecular weight is 297 g/mol. The third kappa shape index (κ3) is 4.64. The zero-order valence-corrected chi connectivity index (χ0v) is 13.0. The first-order valence-corrected chi connectivity index (χ1v) is 7.50. The molecule has 3 heteroatoms. The van der Waals surface area contributed by atoms with Gasteiger partial charge in [-0.05, 0) is 42.7 Å². The number of ether oxygens (including phenoxy) is 2. The van der Waals surface area contributed by atoms with Crippen LogP contribution in [0.25, 0.3) is 0 Å².